The first-order valence-electron chi connectivity index (χ1n) is 6.59. The van der Waals surface area contributed by atoms with Gasteiger partial charge in [-0.25, -0.2) is 13.4 Å². The molecule has 0 fully saturated rings. The Hall–Kier alpha value is -2.90. The largest absolute Gasteiger partial charge is 0.796 e. The van der Waals surface area contributed by atoms with E-state index in [1.807, 2.05) is 6.07 Å². The van der Waals surface area contributed by atoms with Gasteiger partial charge in [0.05, 0.1) is 0 Å². The van der Waals surface area contributed by atoms with Gasteiger partial charge in [0.15, 0.2) is 5.78 Å². The van der Waals surface area contributed by atoms with Crippen LogP contribution in [0.25, 0.3) is 0 Å². The average Bonchev–Trinajstić information content (AvgIpc) is 2.46. The van der Waals surface area contributed by atoms with Gasteiger partial charge in [-0.3, -0.25) is 4.79 Å². The molecule has 2 rings (SSSR count). The first-order valence-corrected chi connectivity index (χ1v) is 6.59. The molecule has 0 saturated carbocycles. The van der Waals surface area contributed by atoms with Crippen LogP contribution >= 0.6 is 0 Å². The molecule has 0 aliphatic carbocycles. The van der Waals surface area contributed by atoms with E-state index < -0.39 is 30.2 Å². The lowest BCUT2D eigenvalue weighted by Crippen LogP contribution is -2.19. The molecule has 2 aromatic rings. The number of halogens is 2. The zero-order valence-electron chi connectivity index (χ0n) is 12.1. The van der Waals surface area contributed by atoms with Gasteiger partial charge < -0.3 is 14.4 Å². The minimum Gasteiger partial charge on any atom is -0.504 e. The number of hydrogen-bond donors (Lipinski definition) is 1. The van der Waals surface area contributed by atoms with Crippen LogP contribution in [0, 0.1) is 6.92 Å². The van der Waals surface area contributed by atoms with Gasteiger partial charge in [0.25, 0.3) is 0 Å². The fraction of sp³-hybridized carbons (Fsp3) is 0.0667. The molecular formula is C15H12BF2NO4. The Bertz CT molecular complexity index is 775. The van der Waals surface area contributed by atoms with Gasteiger partial charge in [-0.05, 0) is 19.1 Å². The summed E-state index contributed by atoms with van der Waals surface area (Å²) in [5.74, 6) is -1.26. The summed E-state index contributed by atoms with van der Waals surface area (Å²) < 4.78 is 33.8. The van der Waals surface area contributed by atoms with Gasteiger partial charge in [-0.15, -0.1) is 0 Å². The molecule has 1 aromatic carbocycles. The molecule has 5 nitrogen and oxygen atoms in total. The molecular weight excluding hydrogens is 307 g/mol. The summed E-state index contributed by atoms with van der Waals surface area (Å²) in [5.41, 5.74) is -0.895. The predicted octanol–water partition coefficient (Wildman–Crippen LogP) is 3.06. The molecule has 0 amide bonds. The molecule has 0 unspecified atom stereocenters. The molecule has 118 valence electrons. The standard InChI is InChI=1S/C15H12BF2NO4/c1-10-9-13(23-16(17)18)14(15(21)22-10)12(20)7-8-19-11-5-3-2-4-6-11/h2-9,19H,1H3/b8-7+. The van der Waals surface area contributed by atoms with Gasteiger partial charge in [0.2, 0.25) is 0 Å². The second kappa shape index (κ2) is 7.39. The van der Waals surface area contributed by atoms with Crippen molar-refractivity contribution in [2.75, 3.05) is 5.32 Å². The molecule has 0 radical (unpaired) electrons. The monoisotopic (exact) mass is 319 g/mol. The van der Waals surface area contributed by atoms with Crippen molar-refractivity contribution >= 4 is 18.9 Å². The zero-order chi connectivity index (χ0) is 16.8. The Morgan fingerprint density at radius 1 is 1.30 bits per heavy atom. The smallest absolute Gasteiger partial charge is 0.504 e. The highest BCUT2D eigenvalue weighted by Crippen LogP contribution is 2.19. The first-order chi connectivity index (χ1) is 11.0. The third-order valence-electron chi connectivity index (χ3n) is 2.76. The van der Waals surface area contributed by atoms with E-state index in [0.717, 1.165) is 17.8 Å². The topological polar surface area (TPSA) is 68.5 Å². The maximum atomic E-state index is 12.4. The molecule has 0 saturated heterocycles. The Morgan fingerprint density at radius 2 is 2.00 bits per heavy atom. The minimum absolute atomic E-state index is 0.0635. The summed E-state index contributed by atoms with van der Waals surface area (Å²) in [4.78, 5) is 23.8. The van der Waals surface area contributed by atoms with Crippen molar-refractivity contribution in [3.05, 3.63) is 70.4 Å². The number of hydrogen-bond acceptors (Lipinski definition) is 5. The van der Waals surface area contributed by atoms with Crippen molar-refractivity contribution in [1.82, 2.24) is 0 Å². The van der Waals surface area contributed by atoms with E-state index in [1.165, 1.54) is 13.1 Å². The van der Waals surface area contributed by atoms with Crippen LogP contribution in [0.3, 0.4) is 0 Å². The molecule has 1 N–H and O–H groups in total. The van der Waals surface area contributed by atoms with Crippen LogP contribution in [0.5, 0.6) is 5.75 Å². The van der Waals surface area contributed by atoms with Crippen molar-refractivity contribution in [2.24, 2.45) is 0 Å². The van der Waals surface area contributed by atoms with E-state index in [0.29, 0.717) is 0 Å². The number of carbonyl (C=O) groups is 1. The molecule has 0 bridgehead atoms. The van der Waals surface area contributed by atoms with Crippen LogP contribution in [-0.2, 0) is 0 Å². The Balaban J connectivity index is 2.23. The van der Waals surface area contributed by atoms with Crippen LogP contribution in [0.15, 0.2) is 57.9 Å². The van der Waals surface area contributed by atoms with E-state index in [2.05, 4.69) is 9.97 Å². The number of anilines is 1. The normalized spacial score (nSPS) is 10.6. The van der Waals surface area contributed by atoms with E-state index in [1.54, 1.807) is 24.3 Å². The Labute approximate surface area is 130 Å². The number of carbonyl (C=O) groups excluding carboxylic acids is 1. The van der Waals surface area contributed by atoms with Gasteiger partial charge >= 0.3 is 13.1 Å². The molecule has 1 heterocycles. The maximum Gasteiger partial charge on any atom is 0.796 e. The third kappa shape index (κ3) is 4.54. The summed E-state index contributed by atoms with van der Waals surface area (Å²) in [6.07, 6.45) is 2.33. The van der Waals surface area contributed by atoms with Gasteiger partial charge in [-0.1, -0.05) is 18.2 Å². The molecule has 23 heavy (non-hydrogen) atoms. The van der Waals surface area contributed by atoms with Crippen molar-refractivity contribution in [3.8, 4) is 5.75 Å². The average molecular weight is 319 g/mol. The number of rotatable bonds is 6. The number of ketones is 1. The third-order valence-corrected chi connectivity index (χ3v) is 2.76. The van der Waals surface area contributed by atoms with Gasteiger partial charge in [0.1, 0.15) is 17.1 Å². The fourth-order valence-corrected chi connectivity index (χ4v) is 1.83. The number of para-hydroxylation sites is 1. The van der Waals surface area contributed by atoms with Gasteiger partial charge in [-0.2, -0.15) is 0 Å². The molecule has 1 aromatic heterocycles. The highest BCUT2D eigenvalue weighted by atomic mass is 19.2. The summed E-state index contributed by atoms with van der Waals surface area (Å²) in [6.45, 7) is 1.39. The lowest BCUT2D eigenvalue weighted by Gasteiger charge is -2.07. The van der Waals surface area contributed by atoms with Crippen molar-refractivity contribution in [1.29, 1.82) is 0 Å². The van der Waals surface area contributed by atoms with E-state index in [9.17, 15) is 18.2 Å². The number of benzene rings is 1. The number of nitrogens with one attached hydrogen (secondary N) is 1. The van der Waals surface area contributed by atoms with Gasteiger partial charge in [0, 0.05) is 24.0 Å². The van der Waals surface area contributed by atoms with Crippen LogP contribution in [-0.4, -0.2) is 13.3 Å². The lowest BCUT2D eigenvalue weighted by molar-refractivity contribution is 0.104. The lowest BCUT2D eigenvalue weighted by atomic mass is 10.1. The molecule has 0 atom stereocenters. The Kier molecular flexibility index (Phi) is 5.30. The number of allylic oxidation sites excluding steroid dienone is 1. The van der Waals surface area contributed by atoms with Crippen LogP contribution in [0.2, 0.25) is 0 Å². The summed E-state index contributed by atoms with van der Waals surface area (Å²) in [6, 6.07) is 10.0. The van der Waals surface area contributed by atoms with Crippen LogP contribution in [0.1, 0.15) is 16.1 Å². The molecule has 8 heteroatoms. The zero-order valence-corrected chi connectivity index (χ0v) is 12.1. The molecule has 0 aliphatic heterocycles. The highest BCUT2D eigenvalue weighted by molar-refractivity contribution is 6.35. The first kappa shape index (κ1) is 16.5. The quantitative estimate of drug-likeness (QED) is 0.503. The highest BCUT2D eigenvalue weighted by Gasteiger charge is 2.24. The maximum absolute atomic E-state index is 12.4. The Morgan fingerprint density at radius 3 is 2.65 bits per heavy atom. The van der Waals surface area contributed by atoms with Crippen LogP contribution in [0.4, 0.5) is 14.3 Å². The second-order valence-electron chi connectivity index (χ2n) is 4.47. The SMILES string of the molecule is Cc1cc(OB(F)F)c(C(=O)/C=C/Nc2ccccc2)c(=O)o1. The molecule has 0 aliphatic rings. The minimum atomic E-state index is -3.16. The van der Waals surface area contributed by atoms with Crippen molar-refractivity contribution in [3.63, 3.8) is 0 Å². The summed E-state index contributed by atoms with van der Waals surface area (Å²) in [5, 5.41) is 2.81. The van der Waals surface area contributed by atoms with Crippen molar-refractivity contribution in [2.45, 2.75) is 6.92 Å². The predicted molar refractivity (Wildman–Crippen MR) is 81.8 cm³/mol. The van der Waals surface area contributed by atoms with E-state index >= 15 is 0 Å². The second-order valence-corrected chi connectivity index (χ2v) is 4.47. The fourth-order valence-electron chi connectivity index (χ4n) is 1.83. The molecule has 0 spiro atoms. The number of aryl methyl sites for hydroxylation is 1. The summed E-state index contributed by atoms with van der Waals surface area (Å²) >= 11 is 0. The summed E-state index contributed by atoms with van der Waals surface area (Å²) in [7, 11) is -3.16. The van der Waals surface area contributed by atoms with Crippen LogP contribution < -0.4 is 15.6 Å². The van der Waals surface area contributed by atoms with E-state index in [4.69, 9.17) is 4.42 Å². The van der Waals surface area contributed by atoms with Crippen molar-refractivity contribution < 1.29 is 22.5 Å². The van der Waals surface area contributed by atoms with E-state index in [-0.39, 0.29) is 5.76 Å².